The zero-order chi connectivity index (χ0) is 21.6. The second-order valence-electron chi connectivity index (χ2n) is 7.66. The molecule has 2 aromatic heterocycles. The molecule has 0 aliphatic carbocycles. The van der Waals surface area contributed by atoms with Crippen LogP contribution in [-0.2, 0) is 16.0 Å². The Morgan fingerprint density at radius 3 is 2.55 bits per heavy atom. The Morgan fingerprint density at radius 2 is 1.84 bits per heavy atom. The number of furan rings is 1. The lowest BCUT2D eigenvalue weighted by Gasteiger charge is -2.34. The molecule has 0 saturated carbocycles. The Hall–Kier alpha value is -3.39. The van der Waals surface area contributed by atoms with E-state index < -0.39 is 0 Å². The van der Waals surface area contributed by atoms with E-state index in [1.54, 1.807) is 13.0 Å². The molecule has 3 heterocycles. The number of anilines is 1. The lowest BCUT2D eigenvalue weighted by molar-refractivity contribution is -0.133. The largest absolute Gasteiger partial charge is 0.461 e. The van der Waals surface area contributed by atoms with Crippen molar-refractivity contribution in [3.05, 3.63) is 60.1 Å². The SMILES string of the molecule is Cc1cc(NC(=O)CN2CCN(C(=O)CCc3ccc(-c4ccccc4)o3)CC2)no1. The molecule has 0 atom stereocenters. The van der Waals surface area contributed by atoms with Crippen molar-refractivity contribution in [1.29, 1.82) is 0 Å². The van der Waals surface area contributed by atoms with Crippen molar-refractivity contribution in [2.24, 2.45) is 0 Å². The second-order valence-corrected chi connectivity index (χ2v) is 7.66. The molecular formula is C23H26N4O4. The van der Waals surface area contributed by atoms with Crippen LogP contribution in [-0.4, -0.2) is 59.5 Å². The number of benzene rings is 1. The molecule has 1 N–H and O–H groups in total. The number of nitrogens with zero attached hydrogens (tertiary/aromatic N) is 3. The first-order valence-corrected chi connectivity index (χ1v) is 10.4. The molecule has 162 valence electrons. The first kappa shape index (κ1) is 20.9. The smallest absolute Gasteiger partial charge is 0.239 e. The lowest BCUT2D eigenvalue weighted by Crippen LogP contribution is -2.50. The molecule has 31 heavy (non-hydrogen) atoms. The van der Waals surface area contributed by atoms with Crippen molar-refractivity contribution in [3.8, 4) is 11.3 Å². The highest BCUT2D eigenvalue weighted by Gasteiger charge is 2.22. The monoisotopic (exact) mass is 422 g/mol. The summed E-state index contributed by atoms with van der Waals surface area (Å²) < 4.78 is 10.8. The van der Waals surface area contributed by atoms with Crippen LogP contribution < -0.4 is 5.32 Å². The van der Waals surface area contributed by atoms with Gasteiger partial charge in [-0.25, -0.2) is 0 Å². The first-order chi connectivity index (χ1) is 15.1. The minimum Gasteiger partial charge on any atom is -0.461 e. The van der Waals surface area contributed by atoms with Gasteiger partial charge >= 0.3 is 0 Å². The Labute approximate surface area is 180 Å². The Morgan fingerprint density at radius 1 is 1.06 bits per heavy atom. The van der Waals surface area contributed by atoms with Crippen LogP contribution in [0.15, 0.2) is 57.5 Å². The van der Waals surface area contributed by atoms with Crippen molar-refractivity contribution in [2.75, 3.05) is 38.0 Å². The van der Waals surface area contributed by atoms with Gasteiger partial charge in [-0.3, -0.25) is 14.5 Å². The van der Waals surface area contributed by atoms with Gasteiger partial charge in [0.1, 0.15) is 17.3 Å². The predicted molar refractivity (Wildman–Crippen MR) is 115 cm³/mol. The molecule has 1 aliphatic rings. The standard InChI is InChI=1S/C23H26N4O4/c1-17-15-21(25-31-17)24-22(28)16-26-11-13-27(14-12-26)23(29)10-8-19-7-9-20(30-19)18-5-3-2-4-6-18/h2-7,9,15H,8,10-14,16H2,1H3,(H,24,25,28). The molecule has 1 saturated heterocycles. The fourth-order valence-corrected chi connectivity index (χ4v) is 3.62. The molecule has 3 aromatic rings. The van der Waals surface area contributed by atoms with Gasteiger partial charge in [-0.1, -0.05) is 35.5 Å². The number of amides is 2. The summed E-state index contributed by atoms with van der Waals surface area (Å²) in [5, 5.41) is 6.48. The van der Waals surface area contributed by atoms with Crippen LogP contribution >= 0.6 is 0 Å². The van der Waals surface area contributed by atoms with Gasteiger partial charge in [-0.05, 0) is 19.1 Å². The van der Waals surface area contributed by atoms with Gasteiger partial charge in [-0.15, -0.1) is 0 Å². The Balaban J connectivity index is 1.19. The third kappa shape index (κ3) is 5.61. The van der Waals surface area contributed by atoms with E-state index >= 15 is 0 Å². The van der Waals surface area contributed by atoms with Gasteiger partial charge in [0.25, 0.3) is 0 Å². The topological polar surface area (TPSA) is 91.8 Å². The quantitative estimate of drug-likeness (QED) is 0.629. The van der Waals surface area contributed by atoms with Crippen LogP contribution in [0.5, 0.6) is 0 Å². The summed E-state index contributed by atoms with van der Waals surface area (Å²) in [6.07, 6.45) is 0.985. The van der Waals surface area contributed by atoms with Gasteiger partial charge in [0, 0.05) is 50.7 Å². The maximum Gasteiger partial charge on any atom is 0.239 e. The van der Waals surface area contributed by atoms with Crippen molar-refractivity contribution in [3.63, 3.8) is 0 Å². The van der Waals surface area contributed by atoms with E-state index in [4.69, 9.17) is 8.94 Å². The maximum absolute atomic E-state index is 12.6. The number of aryl methyl sites for hydroxylation is 2. The van der Waals surface area contributed by atoms with Crippen molar-refractivity contribution in [2.45, 2.75) is 19.8 Å². The first-order valence-electron chi connectivity index (χ1n) is 10.4. The number of piperazine rings is 1. The molecule has 0 bridgehead atoms. The van der Waals surface area contributed by atoms with E-state index in [0.29, 0.717) is 50.6 Å². The fraction of sp³-hybridized carbons (Fsp3) is 0.348. The fourth-order valence-electron chi connectivity index (χ4n) is 3.62. The van der Waals surface area contributed by atoms with Crippen molar-refractivity contribution >= 4 is 17.6 Å². The molecule has 1 fully saturated rings. The second kappa shape index (κ2) is 9.61. The summed E-state index contributed by atoms with van der Waals surface area (Å²) in [4.78, 5) is 28.6. The average molecular weight is 422 g/mol. The van der Waals surface area contributed by atoms with Crippen LogP contribution in [0.3, 0.4) is 0 Å². The van der Waals surface area contributed by atoms with E-state index in [-0.39, 0.29) is 18.4 Å². The van der Waals surface area contributed by atoms with E-state index in [9.17, 15) is 9.59 Å². The molecule has 1 aromatic carbocycles. The Kier molecular flexibility index (Phi) is 6.47. The minimum atomic E-state index is -0.139. The molecule has 8 nitrogen and oxygen atoms in total. The van der Waals surface area contributed by atoms with Gasteiger partial charge in [0.05, 0.1) is 6.54 Å². The Bertz CT molecular complexity index is 1020. The van der Waals surface area contributed by atoms with Crippen LogP contribution in [0.4, 0.5) is 5.82 Å². The van der Waals surface area contributed by atoms with Gasteiger partial charge in [-0.2, -0.15) is 0 Å². The van der Waals surface area contributed by atoms with E-state index in [2.05, 4.69) is 10.5 Å². The molecule has 0 unspecified atom stereocenters. The molecule has 0 radical (unpaired) electrons. The molecular weight excluding hydrogens is 396 g/mol. The highest BCUT2D eigenvalue weighted by Crippen LogP contribution is 2.22. The summed E-state index contributed by atoms with van der Waals surface area (Å²) in [6, 6.07) is 15.5. The zero-order valence-electron chi connectivity index (χ0n) is 17.5. The highest BCUT2D eigenvalue weighted by atomic mass is 16.5. The van der Waals surface area contributed by atoms with Crippen molar-refractivity contribution in [1.82, 2.24) is 15.0 Å². The number of hydrogen-bond acceptors (Lipinski definition) is 6. The maximum atomic E-state index is 12.6. The third-order valence-electron chi connectivity index (χ3n) is 5.29. The summed E-state index contributed by atoms with van der Waals surface area (Å²) in [7, 11) is 0. The van der Waals surface area contributed by atoms with E-state index in [1.165, 1.54) is 0 Å². The molecule has 2 amide bonds. The predicted octanol–water partition coefficient (Wildman–Crippen LogP) is 2.96. The third-order valence-corrected chi connectivity index (χ3v) is 5.29. The van der Waals surface area contributed by atoms with E-state index in [1.807, 2.05) is 52.3 Å². The minimum absolute atomic E-state index is 0.111. The summed E-state index contributed by atoms with van der Waals surface area (Å²) in [6.45, 7) is 4.59. The highest BCUT2D eigenvalue weighted by molar-refractivity contribution is 5.91. The van der Waals surface area contributed by atoms with Crippen molar-refractivity contribution < 1.29 is 18.5 Å². The zero-order valence-corrected chi connectivity index (χ0v) is 17.5. The van der Waals surface area contributed by atoms with E-state index in [0.717, 1.165) is 17.1 Å². The molecule has 1 aliphatic heterocycles. The van der Waals surface area contributed by atoms with Crippen LogP contribution in [0, 0.1) is 6.92 Å². The normalized spacial score (nSPS) is 14.5. The van der Waals surface area contributed by atoms with Gasteiger partial charge < -0.3 is 19.2 Å². The molecule has 4 rings (SSSR count). The van der Waals surface area contributed by atoms with Gasteiger partial charge in [0.15, 0.2) is 5.82 Å². The van der Waals surface area contributed by atoms with Gasteiger partial charge in [0.2, 0.25) is 11.8 Å². The number of nitrogens with one attached hydrogen (secondary N) is 1. The number of carbonyl (C=O) groups is 2. The van der Waals surface area contributed by atoms with Crippen LogP contribution in [0.1, 0.15) is 17.9 Å². The van der Waals surface area contributed by atoms with Crippen LogP contribution in [0.25, 0.3) is 11.3 Å². The summed E-state index contributed by atoms with van der Waals surface area (Å²) >= 11 is 0. The number of rotatable bonds is 7. The number of aromatic nitrogens is 1. The molecule has 8 heteroatoms. The lowest BCUT2D eigenvalue weighted by atomic mass is 10.2. The summed E-state index contributed by atoms with van der Waals surface area (Å²) in [5.74, 6) is 2.67. The van der Waals surface area contributed by atoms with Crippen LogP contribution in [0.2, 0.25) is 0 Å². The molecule has 0 spiro atoms. The summed E-state index contributed by atoms with van der Waals surface area (Å²) in [5.41, 5.74) is 1.03. The number of carbonyl (C=O) groups excluding carboxylic acids is 2. The number of hydrogen-bond donors (Lipinski definition) is 1. The average Bonchev–Trinajstić information content (AvgIpc) is 3.42.